The molecule has 1 N–H and O–H groups in total. The summed E-state index contributed by atoms with van der Waals surface area (Å²) in [4.78, 5) is 14.0. The van der Waals surface area contributed by atoms with Crippen LogP contribution in [-0.2, 0) is 6.42 Å². The molecule has 0 fully saturated rings. The highest BCUT2D eigenvalue weighted by molar-refractivity contribution is 5.57. The van der Waals surface area contributed by atoms with Gasteiger partial charge in [-0.05, 0) is 41.1 Å². The van der Waals surface area contributed by atoms with Crippen molar-refractivity contribution in [3.63, 3.8) is 0 Å². The molecule has 94 valence electrons. The zero-order chi connectivity index (χ0) is 13.0. The lowest BCUT2D eigenvalue weighted by Crippen LogP contribution is -2.18. The summed E-state index contributed by atoms with van der Waals surface area (Å²) in [5.41, 5.74) is 0.418. The van der Waals surface area contributed by atoms with E-state index in [1.165, 1.54) is 6.20 Å². The van der Waals surface area contributed by atoms with Gasteiger partial charge < -0.3 is 19.8 Å². The van der Waals surface area contributed by atoms with Crippen molar-refractivity contribution >= 4 is 11.5 Å². The Morgan fingerprint density at radius 1 is 1.50 bits per heavy atom. The van der Waals surface area contributed by atoms with Gasteiger partial charge in [0.25, 0.3) is 0 Å². The molecule has 0 aromatic carbocycles. The Hall–Kier alpha value is -2.37. The lowest BCUT2D eigenvalue weighted by molar-refractivity contribution is -0.388. The van der Waals surface area contributed by atoms with Crippen molar-refractivity contribution in [3.05, 3.63) is 52.6 Å². The first-order valence-electron chi connectivity index (χ1n) is 5.55. The molecule has 2 heterocycles. The zero-order valence-corrected chi connectivity index (χ0v) is 9.87. The summed E-state index contributed by atoms with van der Waals surface area (Å²) in [5.74, 6) is 0.672. The van der Waals surface area contributed by atoms with Crippen molar-refractivity contribution in [1.82, 2.24) is 4.98 Å². The van der Waals surface area contributed by atoms with E-state index in [1.54, 1.807) is 18.4 Å². The third-order valence-electron chi connectivity index (χ3n) is 2.45. The average molecular weight is 247 g/mol. The van der Waals surface area contributed by atoms with Crippen molar-refractivity contribution in [3.8, 4) is 0 Å². The number of furan rings is 1. The Morgan fingerprint density at radius 3 is 3.00 bits per heavy atom. The number of hydrogen-bond acceptors (Lipinski definition) is 5. The summed E-state index contributed by atoms with van der Waals surface area (Å²) < 4.78 is 5.23. The normalized spacial score (nSPS) is 12.1. The number of nitrogens with zero attached hydrogens (tertiary/aromatic N) is 2. The van der Waals surface area contributed by atoms with Crippen LogP contribution in [0.1, 0.15) is 12.7 Å². The molecule has 2 aromatic heterocycles. The molecule has 1 unspecified atom stereocenters. The smallest absolute Gasteiger partial charge is 0.386 e. The molecule has 2 rings (SSSR count). The Balaban J connectivity index is 2.07. The first-order valence-corrected chi connectivity index (χ1v) is 5.55. The molecule has 0 amide bonds. The number of anilines is 1. The third kappa shape index (κ3) is 2.85. The van der Waals surface area contributed by atoms with Crippen LogP contribution in [0.5, 0.6) is 0 Å². The maximum atomic E-state index is 10.8. The number of hydrogen-bond donors (Lipinski definition) is 1. The monoisotopic (exact) mass is 247 g/mol. The van der Waals surface area contributed by atoms with Gasteiger partial charge in [-0.1, -0.05) is 0 Å². The van der Waals surface area contributed by atoms with E-state index in [4.69, 9.17) is 4.42 Å². The number of nitro groups is 1. The van der Waals surface area contributed by atoms with Gasteiger partial charge in [-0.2, -0.15) is 0 Å². The van der Waals surface area contributed by atoms with Crippen LogP contribution in [0.2, 0.25) is 0 Å². The predicted octanol–water partition coefficient (Wildman–Crippen LogP) is 2.63. The van der Waals surface area contributed by atoms with E-state index >= 15 is 0 Å². The van der Waals surface area contributed by atoms with E-state index in [0.717, 1.165) is 5.76 Å². The Bertz CT molecular complexity index is 525. The summed E-state index contributed by atoms with van der Waals surface area (Å²) in [6.07, 6.45) is 3.66. The van der Waals surface area contributed by atoms with Gasteiger partial charge in [-0.15, -0.1) is 0 Å². The Kier molecular flexibility index (Phi) is 3.57. The SMILES string of the molecule is CC(Cc1ccco1)Nc1cccnc1[N+](=O)[O-]. The second kappa shape index (κ2) is 5.31. The summed E-state index contributed by atoms with van der Waals surface area (Å²) in [6.45, 7) is 1.93. The molecule has 0 aliphatic rings. The lowest BCUT2D eigenvalue weighted by atomic mass is 10.2. The fourth-order valence-corrected chi connectivity index (χ4v) is 1.70. The second-order valence-corrected chi connectivity index (χ2v) is 3.96. The standard InChI is InChI=1S/C12H13N3O3/c1-9(8-10-4-3-7-18-10)14-11-5-2-6-13-12(11)15(16)17/h2-7,9,14H,8H2,1H3. The van der Waals surface area contributed by atoms with Crippen molar-refractivity contribution < 1.29 is 9.34 Å². The Morgan fingerprint density at radius 2 is 2.33 bits per heavy atom. The van der Waals surface area contributed by atoms with Gasteiger partial charge in [0.2, 0.25) is 0 Å². The van der Waals surface area contributed by atoms with Gasteiger partial charge in [-0.3, -0.25) is 0 Å². The van der Waals surface area contributed by atoms with E-state index in [0.29, 0.717) is 12.1 Å². The maximum Gasteiger partial charge on any atom is 0.386 e. The minimum absolute atomic E-state index is 0.0130. The van der Waals surface area contributed by atoms with Gasteiger partial charge in [-0.25, -0.2) is 0 Å². The molecule has 0 bridgehead atoms. The van der Waals surface area contributed by atoms with Crippen molar-refractivity contribution in [2.24, 2.45) is 0 Å². The summed E-state index contributed by atoms with van der Waals surface area (Å²) in [6, 6.07) is 7.00. The van der Waals surface area contributed by atoms with Crippen LogP contribution in [0.15, 0.2) is 41.1 Å². The van der Waals surface area contributed by atoms with Crippen LogP contribution in [0.4, 0.5) is 11.5 Å². The largest absolute Gasteiger partial charge is 0.469 e. The fraction of sp³-hybridized carbons (Fsp3) is 0.250. The van der Waals surface area contributed by atoms with Gasteiger partial charge in [0.1, 0.15) is 17.6 Å². The molecule has 0 saturated heterocycles. The maximum absolute atomic E-state index is 10.8. The van der Waals surface area contributed by atoms with Crippen molar-refractivity contribution in [1.29, 1.82) is 0 Å². The van der Waals surface area contributed by atoms with Gasteiger partial charge in [0, 0.05) is 12.5 Å². The van der Waals surface area contributed by atoms with Crippen LogP contribution >= 0.6 is 0 Å². The van der Waals surface area contributed by atoms with Gasteiger partial charge in [0.15, 0.2) is 0 Å². The molecule has 2 aromatic rings. The predicted molar refractivity (Wildman–Crippen MR) is 66.4 cm³/mol. The summed E-state index contributed by atoms with van der Waals surface area (Å²) in [7, 11) is 0. The highest BCUT2D eigenvalue weighted by Crippen LogP contribution is 2.21. The number of pyridine rings is 1. The first-order chi connectivity index (χ1) is 8.66. The quantitative estimate of drug-likeness (QED) is 0.648. The minimum Gasteiger partial charge on any atom is -0.469 e. The molecule has 0 spiro atoms. The minimum atomic E-state index is -0.498. The van der Waals surface area contributed by atoms with Crippen LogP contribution < -0.4 is 5.32 Å². The molecule has 0 radical (unpaired) electrons. The Labute approximate surface area is 104 Å². The molecule has 0 aliphatic heterocycles. The molecule has 6 heteroatoms. The highest BCUT2D eigenvalue weighted by Gasteiger charge is 2.16. The van der Waals surface area contributed by atoms with Crippen LogP contribution in [0, 0.1) is 10.1 Å². The van der Waals surface area contributed by atoms with Gasteiger partial charge in [0.05, 0.1) is 6.26 Å². The van der Waals surface area contributed by atoms with E-state index < -0.39 is 4.92 Å². The highest BCUT2D eigenvalue weighted by atomic mass is 16.6. The topological polar surface area (TPSA) is 81.2 Å². The fourth-order valence-electron chi connectivity index (χ4n) is 1.70. The molecule has 1 atom stereocenters. The molecular weight excluding hydrogens is 234 g/mol. The van der Waals surface area contributed by atoms with E-state index in [9.17, 15) is 10.1 Å². The lowest BCUT2D eigenvalue weighted by Gasteiger charge is -2.13. The molecule has 6 nitrogen and oxygen atoms in total. The van der Waals surface area contributed by atoms with Gasteiger partial charge >= 0.3 is 5.82 Å². The first kappa shape index (κ1) is 12.1. The summed E-state index contributed by atoms with van der Waals surface area (Å²) in [5, 5.41) is 13.9. The van der Waals surface area contributed by atoms with Crippen LogP contribution in [-0.4, -0.2) is 15.9 Å². The second-order valence-electron chi connectivity index (χ2n) is 3.96. The van der Waals surface area contributed by atoms with Crippen molar-refractivity contribution in [2.75, 3.05) is 5.32 Å². The van der Waals surface area contributed by atoms with Crippen molar-refractivity contribution in [2.45, 2.75) is 19.4 Å². The third-order valence-corrected chi connectivity index (χ3v) is 2.45. The molecule has 18 heavy (non-hydrogen) atoms. The summed E-state index contributed by atoms with van der Waals surface area (Å²) >= 11 is 0. The number of rotatable bonds is 5. The van der Waals surface area contributed by atoms with Crippen LogP contribution in [0.25, 0.3) is 0 Å². The average Bonchev–Trinajstić information content (AvgIpc) is 2.82. The molecule has 0 aliphatic carbocycles. The number of nitrogens with one attached hydrogen (secondary N) is 1. The zero-order valence-electron chi connectivity index (χ0n) is 9.87. The van der Waals surface area contributed by atoms with E-state index in [1.807, 2.05) is 19.1 Å². The molecule has 0 saturated carbocycles. The van der Waals surface area contributed by atoms with Crippen LogP contribution in [0.3, 0.4) is 0 Å². The molecular formula is C12H13N3O3. The van der Waals surface area contributed by atoms with E-state index in [-0.39, 0.29) is 11.9 Å². The van der Waals surface area contributed by atoms with E-state index in [2.05, 4.69) is 10.3 Å². The number of aromatic nitrogens is 1.